The van der Waals surface area contributed by atoms with Crippen LogP contribution in [0.3, 0.4) is 0 Å². The Kier molecular flexibility index (Phi) is 5.01. The average molecular weight is 213 g/mol. The second kappa shape index (κ2) is 5.13. The fourth-order valence-corrected chi connectivity index (χ4v) is 1.25. The van der Waals surface area contributed by atoms with Gasteiger partial charge in [-0.2, -0.15) is 0 Å². The van der Waals surface area contributed by atoms with Crippen molar-refractivity contribution in [2.75, 3.05) is 6.61 Å². The van der Waals surface area contributed by atoms with Gasteiger partial charge in [0.25, 0.3) is 0 Å². The van der Waals surface area contributed by atoms with Crippen LogP contribution in [0.25, 0.3) is 0 Å². The number of rotatable bonds is 5. The maximum absolute atomic E-state index is 5.90. The Morgan fingerprint density at radius 1 is 1.07 bits per heavy atom. The molecule has 0 aromatic heterocycles. The zero-order valence-electron chi connectivity index (χ0n) is 11.4. The van der Waals surface area contributed by atoms with E-state index in [4.69, 9.17) is 10.5 Å². The monoisotopic (exact) mass is 213 g/mol. The molecule has 0 aliphatic heterocycles. The lowest BCUT2D eigenvalue weighted by atomic mass is 9.96. The van der Waals surface area contributed by atoms with Gasteiger partial charge in [0.15, 0.2) is 0 Å². The zero-order valence-corrected chi connectivity index (χ0v) is 11.4. The summed E-state index contributed by atoms with van der Waals surface area (Å²) in [6.07, 6.45) is 0.964. The summed E-state index contributed by atoms with van der Waals surface area (Å²) in [7, 11) is 0. The van der Waals surface area contributed by atoms with Gasteiger partial charge in [0, 0.05) is 5.54 Å². The van der Waals surface area contributed by atoms with E-state index in [-0.39, 0.29) is 11.1 Å². The highest BCUT2D eigenvalue weighted by Crippen LogP contribution is 2.22. The Bertz CT molecular complexity index is 229. The molecule has 90 valence electrons. The molecule has 0 aromatic rings. The molecule has 0 fully saturated rings. The third-order valence-electron chi connectivity index (χ3n) is 2.38. The first-order valence-corrected chi connectivity index (χ1v) is 5.59. The molecule has 0 saturated heterocycles. The van der Waals surface area contributed by atoms with Gasteiger partial charge in [0.05, 0.1) is 12.2 Å². The largest absolute Gasteiger partial charge is 0.373 e. The van der Waals surface area contributed by atoms with Crippen molar-refractivity contribution in [1.82, 2.24) is 0 Å². The first-order chi connectivity index (χ1) is 6.53. The Balaban J connectivity index is 4.26. The van der Waals surface area contributed by atoms with Gasteiger partial charge >= 0.3 is 0 Å². The smallest absolute Gasteiger partial charge is 0.0664 e. The van der Waals surface area contributed by atoms with Gasteiger partial charge < -0.3 is 10.5 Å². The van der Waals surface area contributed by atoms with Gasteiger partial charge in [-0.05, 0) is 54.9 Å². The topological polar surface area (TPSA) is 35.2 Å². The number of allylic oxidation sites excluding steroid dienone is 1. The normalized spacial score (nSPS) is 12.8. The lowest BCUT2D eigenvalue weighted by Gasteiger charge is -2.30. The summed E-state index contributed by atoms with van der Waals surface area (Å²) < 4.78 is 5.86. The van der Waals surface area contributed by atoms with Crippen molar-refractivity contribution in [3.05, 3.63) is 11.1 Å². The van der Waals surface area contributed by atoms with Crippen LogP contribution in [0.4, 0.5) is 0 Å². The minimum atomic E-state index is -0.254. The van der Waals surface area contributed by atoms with E-state index >= 15 is 0 Å². The molecule has 0 heterocycles. The molecule has 15 heavy (non-hydrogen) atoms. The van der Waals surface area contributed by atoms with Crippen LogP contribution in [0.1, 0.15) is 54.9 Å². The van der Waals surface area contributed by atoms with Gasteiger partial charge in [0.2, 0.25) is 0 Å². The van der Waals surface area contributed by atoms with Crippen LogP contribution in [0, 0.1) is 0 Å². The summed E-state index contributed by atoms with van der Waals surface area (Å²) in [6.45, 7) is 15.2. The molecule has 0 unspecified atom stereocenters. The van der Waals surface area contributed by atoms with E-state index in [1.807, 2.05) is 13.8 Å². The molecular formula is C13H27NO. The molecule has 0 spiro atoms. The van der Waals surface area contributed by atoms with Gasteiger partial charge in [-0.1, -0.05) is 11.1 Å². The summed E-state index contributed by atoms with van der Waals surface area (Å²) in [5, 5.41) is 0. The standard InChI is InChI=1S/C13H27NO/c1-10(2)11(3)8-13(6,7)15-9-12(4,5)14/h8-9,14H2,1-7H3. The predicted molar refractivity (Wildman–Crippen MR) is 67.0 cm³/mol. The van der Waals surface area contributed by atoms with Crippen molar-refractivity contribution in [3.8, 4) is 0 Å². The minimum absolute atomic E-state index is 0.127. The molecule has 0 saturated carbocycles. The van der Waals surface area contributed by atoms with Crippen LogP contribution in [0.2, 0.25) is 0 Å². The van der Waals surface area contributed by atoms with E-state index in [0.717, 1.165) is 6.42 Å². The molecule has 0 aliphatic carbocycles. The van der Waals surface area contributed by atoms with Crippen LogP contribution in [-0.2, 0) is 4.74 Å². The van der Waals surface area contributed by atoms with Crippen LogP contribution in [0.5, 0.6) is 0 Å². The molecule has 0 rings (SSSR count). The Hall–Kier alpha value is -0.340. The molecule has 0 atom stereocenters. The molecule has 0 radical (unpaired) electrons. The fourth-order valence-electron chi connectivity index (χ4n) is 1.25. The average Bonchev–Trinajstić information content (AvgIpc) is 1.99. The molecule has 0 amide bonds. The van der Waals surface area contributed by atoms with E-state index in [0.29, 0.717) is 6.61 Å². The molecule has 0 bridgehead atoms. The van der Waals surface area contributed by atoms with Crippen molar-refractivity contribution < 1.29 is 4.74 Å². The molecule has 2 N–H and O–H groups in total. The van der Waals surface area contributed by atoms with Gasteiger partial charge in [-0.25, -0.2) is 0 Å². The van der Waals surface area contributed by atoms with E-state index in [2.05, 4.69) is 34.6 Å². The SMILES string of the molecule is CC(C)=C(C)CC(C)(C)OCC(C)(C)N. The summed E-state index contributed by atoms with van der Waals surface area (Å²) in [4.78, 5) is 0. The van der Waals surface area contributed by atoms with Gasteiger partial charge in [-0.15, -0.1) is 0 Å². The third kappa shape index (κ3) is 7.57. The van der Waals surface area contributed by atoms with Gasteiger partial charge in [0.1, 0.15) is 0 Å². The number of hydrogen-bond acceptors (Lipinski definition) is 2. The van der Waals surface area contributed by atoms with Crippen LogP contribution in [-0.4, -0.2) is 17.7 Å². The maximum atomic E-state index is 5.90. The molecule has 0 aromatic carbocycles. The van der Waals surface area contributed by atoms with Crippen LogP contribution >= 0.6 is 0 Å². The second-order valence-electron chi connectivity index (χ2n) is 5.99. The number of nitrogens with two attached hydrogens (primary N) is 1. The lowest BCUT2D eigenvalue weighted by molar-refractivity contribution is -0.0357. The fraction of sp³-hybridized carbons (Fsp3) is 0.846. The van der Waals surface area contributed by atoms with Gasteiger partial charge in [-0.3, -0.25) is 0 Å². The summed E-state index contributed by atoms with van der Waals surface area (Å²) >= 11 is 0. The van der Waals surface area contributed by atoms with Crippen molar-refractivity contribution in [3.63, 3.8) is 0 Å². The van der Waals surface area contributed by atoms with Crippen molar-refractivity contribution in [2.45, 2.75) is 66.0 Å². The lowest BCUT2D eigenvalue weighted by Crippen LogP contribution is -2.41. The van der Waals surface area contributed by atoms with Crippen LogP contribution < -0.4 is 5.73 Å². The van der Waals surface area contributed by atoms with Crippen LogP contribution in [0.15, 0.2) is 11.1 Å². The highest BCUT2D eigenvalue weighted by Gasteiger charge is 2.22. The first-order valence-electron chi connectivity index (χ1n) is 5.59. The summed E-state index contributed by atoms with van der Waals surface area (Å²) in [5.74, 6) is 0. The maximum Gasteiger partial charge on any atom is 0.0664 e. The third-order valence-corrected chi connectivity index (χ3v) is 2.38. The minimum Gasteiger partial charge on any atom is -0.373 e. The Labute approximate surface area is 94.9 Å². The molecule has 2 heteroatoms. The van der Waals surface area contributed by atoms with Crippen molar-refractivity contribution in [1.29, 1.82) is 0 Å². The summed E-state index contributed by atoms with van der Waals surface area (Å²) in [6, 6.07) is 0. The van der Waals surface area contributed by atoms with E-state index in [1.165, 1.54) is 11.1 Å². The predicted octanol–water partition coefficient (Wildman–Crippen LogP) is 3.27. The van der Waals surface area contributed by atoms with E-state index < -0.39 is 0 Å². The zero-order chi connectivity index (χ0) is 12.3. The van der Waals surface area contributed by atoms with Crippen molar-refractivity contribution in [2.24, 2.45) is 5.73 Å². The van der Waals surface area contributed by atoms with E-state index in [1.54, 1.807) is 0 Å². The highest BCUT2D eigenvalue weighted by molar-refractivity contribution is 5.09. The molecule has 0 aliphatic rings. The summed E-state index contributed by atoms with van der Waals surface area (Å²) in [5.41, 5.74) is 8.29. The Morgan fingerprint density at radius 3 is 1.87 bits per heavy atom. The molecular weight excluding hydrogens is 186 g/mol. The molecule has 2 nitrogen and oxygen atoms in total. The van der Waals surface area contributed by atoms with E-state index in [9.17, 15) is 0 Å². The number of hydrogen-bond donors (Lipinski definition) is 1. The highest BCUT2D eigenvalue weighted by atomic mass is 16.5. The Morgan fingerprint density at radius 2 is 1.53 bits per heavy atom. The second-order valence-corrected chi connectivity index (χ2v) is 5.99. The quantitative estimate of drug-likeness (QED) is 0.711. The van der Waals surface area contributed by atoms with Crippen molar-refractivity contribution >= 4 is 0 Å². The first kappa shape index (κ1) is 14.7. The number of ether oxygens (including phenoxy) is 1.